The van der Waals surface area contributed by atoms with Gasteiger partial charge in [0.15, 0.2) is 0 Å². The Hall–Kier alpha value is -2.12. The molecule has 0 aromatic heterocycles. The maximum Gasteiger partial charge on any atom is 0.244 e. The Balaban J connectivity index is 2.24. The van der Waals surface area contributed by atoms with Crippen molar-refractivity contribution < 1.29 is 22.3 Å². The minimum Gasteiger partial charge on any atom is -0.497 e. The quantitative estimate of drug-likeness (QED) is 0.885. The van der Waals surface area contributed by atoms with Crippen molar-refractivity contribution in [2.75, 3.05) is 14.2 Å². The maximum atomic E-state index is 12.8. The molecule has 1 N–H and O–H groups in total. The Morgan fingerprint density at radius 2 is 1.73 bits per heavy atom. The zero-order valence-corrected chi connectivity index (χ0v) is 13.0. The van der Waals surface area contributed by atoms with Crippen LogP contribution in [0.3, 0.4) is 0 Å². The molecule has 5 nitrogen and oxygen atoms in total. The molecule has 0 radical (unpaired) electrons. The average molecular weight is 325 g/mol. The molecule has 0 fully saturated rings. The molecular formula is C15H16FNO4S. The van der Waals surface area contributed by atoms with Crippen LogP contribution in [-0.2, 0) is 16.6 Å². The number of benzene rings is 2. The predicted molar refractivity (Wildman–Crippen MR) is 80.0 cm³/mol. The van der Waals surface area contributed by atoms with Gasteiger partial charge in [0.2, 0.25) is 10.0 Å². The molecule has 2 rings (SSSR count). The second-order valence-corrected chi connectivity index (χ2v) is 6.20. The van der Waals surface area contributed by atoms with E-state index in [1.54, 1.807) is 6.07 Å². The molecule has 0 aliphatic heterocycles. The first-order valence-electron chi connectivity index (χ1n) is 6.42. The molecule has 0 bridgehead atoms. The van der Waals surface area contributed by atoms with Gasteiger partial charge in [0.1, 0.15) is 22.2 Å². The minimum absolute atomic E-state index is 0.0172. The van der Waals surface area contributed by atoms with Crippen LogP contribution in [0.5, 0.6) is 11.5 Å². The van der Waals surface area contributed by atoms with E-state index in [9.17, 15) is 12.8 Å². The molecule has 0 atom stereocenters. The summed E-state index contributed by atoms with van der Waals surface area (Å²) in [5.74, 6) is 0.247. The number of rotatable bonds is 6. The lowest BCUT2D eigenvalue weighted by molar-refractivity contribution is 0.392. The van der Waals surface area contributed by atoms with Gasteiger partial charge in [0.05, 0.1) is 14.2 Å². The van der Waals surface area contributed by atoms with E-state index in [0.29, 0.717) is 11.3 Å². The Kier molecular flexibility index (Phi) is 4.99. The molecule has 2 aromatic carbocycles. The largest absolute Gasteiger partial charge is 0.497 e. The lowest BCUT2D eigenvalue weighted by Crippen LogP contribution is -2.23. The van der Waals surface area contributed by atoms with Gasteiger partial charge in [-0.2, -0.15) is 0 Å². The van der Waals surface area contributed by atoms with Crippen molar-refractivity contribution >= 4 is 10.0 Å². The molecular weight excluding hydrogens is 309 g/mol. The van der Waals surface area contributed by atoms with E-state index < -0.39 is 10.0 Å². The summed E-state index contributed by atoms with van der Waals surface area (Å²) in [7, 11) is -0.954. The van der Waals surface area contributed by atoms with E-state index in [-0.39, 0.29) is 23.0 Å². The number of halogens is 1. The van der Waals surface area contributed by atoms with Crippen LogP contribution in [-0.4, -0.2) is 22.6 Å². The Bertz CT molecular complexity index is 745. The third kappa shape index (κ3) is 3.75. The number of hydrogen-bond acceptors (Lipinski definition) is 4. The monoisotopic (exact) mass is 325 g/mol. The van der Waals surface area contributed by atoms with Gasteiger partial charge in [-0.25, -0.2) is 17.5 Å². The summed E-state index contributed by atoms with van der Waals surface area (Å²) in [6, 6.07) is 10.1. The van der Waals surface area contributed by atoms with Gasteiger partial charge in [-0.05, 0) is 29.8 Å². The van der Waals surface area contributed by atoms with Crippen molar-refractivity contribution in [3.63, 3.8) is 0 Å². The highest BCUT2D eigenvalue weighted by Gasteiger charge is 2.20. The Morgan fingerprint density at radius 1 is 1.05 bits per heavy atom. The van der Waals surface area contributed by atoms with Crippen molar-refractivity contribution in [3.05, 3.63) is 53.8 Å². The number of methoxy groups -OCH3 is 2. The van der Waals surface area contributed by atoms with Crippen LogP contribution in [0.2, 0.25) is 0 Å². The van der Waals surface area contributed by atoms with Gasteiger partial charge < -0.3 is 9.47 Å². The predicted octanol–water partition coefficient (Wildman–Crippen LogP) is 2.32. The lowest BCUT2D eigenvalue weighted by Gasteiger charge is -2.12. The zero-order valence-electron chi connectivity index (χ0n) is 12.2. The zero-order chi connectivity index (χ0) is 16.2. The number of ether oxygens (including phenoxy) is 2. The first-order chi connectivity index (χ1) is 10.5. The topological polar surface area (TPSA) is 64.6 Å². The second-order valence-electron chi connectivity index (χ2n) is 4.47. The van der Waals surface area contributed by atoms with Gasteiger partial charge in [0.25, 0.3) is 0 Å². The number of nitrogens with one attached hydrogen (secondary N) is 1. The number of sulfonamides is 1. The Morgan fingerprint density at radius 3 is 2.32 bits per heavy atom. The fourth-order valence-electron chi connectivity index (χ4n) is 1.85. The van der Waals surface area contributed by atoms with Crippen LogP contribution in [0.4, 0.5) is 4.39 Å². The van der Waals surface area contributed by atoms with E-state index in [4.69, 9.17) is 9.47 Å². The molecule has 0 saturated carbocycles. The fraction of sp³-hybridized carbons (Fsp3) is 0.200. The summed E-state index contributed by atoms with van der Waals surface area (Å²) in [4.78, 5) is -0.0172. The van der Waals surface area contributed by atoms with E-state index in [1.807, 2.05) is 0 Å². The molecule has 22 heavy (non-hydrogen) atoms. The van der Waals surface area contributed by atoms with Crippen LogP contribution in [0, 0.1) is 5.82 Å². The van der Waals surface area contributed by atoms with E-state index in [0.717, 1.165) is 0 Å². The van der Waals surface area contributed by atoms with Gasteiger partial charge in [-0.3, -0.25) is 0 Å². The average Bonchev–Trinajstić information content (AvgIpc) is 2.53. The molecule has 2 aromatic rings. The van der Waals surface area contributed by atoms with Crippen molar-refractivity contribution in [1.29, 1.82) is 0 Å². The molecule has 0 spiro atoms. The van der Waals surface area contributed by atoms with Gasteiger partial charge >= 0.3 is 0 Å². The summed E-state index contributed by atoms with van der Waals surface area (Å²) in [5, 5.41) is 0. The molecule has 0 aliphatic carbocycles. The molecule has 7 heteroatoms. The van der Waals surface area contributed by atoms with E-state index >= 15 is 0 Å². The summed E-state index contributed by atoms with van der Waals surface area (Å²) < 4.78 is 50.2. The molecule has 0 heterocycles. The van der Waals surface area contributed by atoms with Gasteiger partial charge in [0, 0.05) is 12.6 Å². The smallest absolute Gasteiger partial charge is 0.244 e. The molecule has 0 saturated heterocycles. The SMILES string of the molecule is COc1ccc(OC)c(S(=O)(=O)NCc2ccc(F)cc2)c1. The van der Waals surface area contributed by atoms with Crippen molar-refractivity contribution in [3.8, 4) is 11.5 Å². The highest BCUT2D eigenvalue weighted by Crippen LogP contribution is 2.28. The summed E-state index contributed by atoms with van der Waals surface area (Å²) in [5.41, 5.74) is 0.645. The normalized spacial score (nSPS) is 11.2. The maximum absolute atomic E-state index is 12.8. The van der Waals surface area contributed by atoms with E-state index in [1.165, 1.54) is 50.6 Å². The first kappa shape index (κ1) is 16.3. The highest BCUT2D eigenvalue weighted by molar-refractivity contribution is 7.89. The standard InChI is InChI=1S/C15H16FNO4S/c1-20-13-7-8-14(21-2)15(9-13)22(18,19)17-10-11-3-5-12(16)6-4-11/h3-9,17H,10H2,1-2H3. The van der Waals surface area contributed by atoms with Crippen molar-refractivity contribution in [2.24, 2.45) is 0 Å². The van der Waals surface area contributed by atoms with Gasteiger partial charge in [-0.15, -0.1) is 0 Å². The summed E-state index contributed by atoms with van der Waals surface area (Å²) >= 11 is 0. The van der Waals surface area contributed by atoms with Gasteiger partial charge in [-0.1, -0.05) is 12.1 Å². The summed E-state index contributed by atoms with van der Waals surface area (Å²) in [6.07, 6.45) is 0. The second kappa shape index (κ2) is 6.76. The van der Waals surface area contributed by atoms with Crippen LogP contribution in [0.15, 0.2) is 47.4 Å². The molecule has 118 valence electrons. The fourth-order valence-corrected chi connectivity index (χ4v) is 3.05. The van der Waals surface area contributed by atoms with Crippen molar-refractivity contribution in [2.45, 2.75) is 11.4 Å². The Labute approximate surface area is 128 Å². The lowest BCUT2D eigenvalue weighted by atomic mass is 10.2. The minimum atomic E-state index is -3.79. The van der Waals surface area contributed by atoms with Crippen LogP contribution >= 0.6 is 0 Å². The van der Waals surface area contributed by atoms with Crippen LogP contribution in [0.1, 0.15) is 5.56 Å². The highest BCUT2D eigenvalue weighted by atomic mass is 32.2. The third-order valence-electron chi connectivity index (χ3n) is 3.04. The molecule has 0 amide bonds. The molecule has 0 aliphatic rings. The van der Waals surface area contributed by atoms with Crippen molar-refractivity contribution in [1.82, 2.24) is 4.72 Å². The molecule has 0 unspecified atom stereocenters. The summed E-state index contributed by atoms with van der Waals surface area (Å²) in [6.45, 7) is 0.0446. The first-order valence-corrected chi connectivity index (χ1v) is 7.90. The van der Waals surface area contributed by atoms with Crippen LogP contribution < -0.4 is 14.2 Å². The number of hydrogen-bond donors (Lipinski definition) is 1. The third-order valence-corrected chi connectivity index (χ3v) is 4.46. The van der Waals surface area contributed by atoms with Crippen LogP contribution in [0.25, 0.3) is 0 Å². The van der Waals surface area contributed by atoms with E-state index in [2.05, 4.69) is 4.72 Å².